The highest BCUT2D eigenvalue weighted by Gasteiger charge is 2.04. The maximum Gasteiger partial charge on any atom is 0.0537 e. The fourth-order valence-corrected chi connectivity index (χ4v) is 1.58. The van der Waals surface area contributed by atoms with Gasteiger partial charge in [-0.05, 0) is 26.8 Å². The van der Waals surface area contributed by atoms with Crippen LogP contribution in [-0.4, -0.2) is 30.5 Å². The number of aryl methyl sites for hydroxylation is 1. The van der Waals surface area contributed by atoms with Crippen molar-refractivity contribution in [3.8, 4) is 0 Å². The number of unbranched alkanes of at least 4 members (excludes halogenated alkanes) is 1. The molecule has 4 nitrogen and oxygen atoms in total. The van der Waals surface area contributed by atoms with Gasteiger partial charge in [-0.3, -0.25) is 4.68 Å². The average molecular weight is 211 g/mol. The highest BCUT2D eigenvalue weighted by Crippen LogP contribution is 2.07. The van der Waals surface area contributed by atoms with Crippen LogP contribution in [0.2, 0.25) is 0 Å². The first-order valence-electron chi connectivity index (χ1n) is 5.44. The number of hydrogen-bond acceptors (Lipinski definition) is 3. The SMILES string of the molecule is CNCc1cnn(CCCCOC)c1C. The first-order chi connectivity index (χ1) is 7.29. The second kappa shape index (κ2) is 6.58. The molecule has 0 aromatic carbocycles. The molecule has 1 aromatic rings. The molecular weight excluding hydrogens is 190 g/mol. The predicted molar refractivity (Wildman–Crippen MR) is 60.8 cm³/mol. The topological polar surface area (TPSA) is 39.1 Å². The number of nitrogens with zero attached hydrogens (tertiary/aromatic N) is 2. The third kappa shape index (κ3) is 3.64. The lowest BCUT2D eigenvalue weighted by molar-refractivity contribution is 0.191. The highest BCUT2D eigenvalue weighted by molar-refractivity contribution is 5.15. The molecule has 0 aliphatic rings. The summed E-state index contributed by atoms with van der Waals surface area (Å²) in [6.07, 6.45) is 4.16. The molecule has 0 aliphatic carbocycles. The Labute approximate surface area is 91.6 Å². The minimum absolute atomic E-state index is 0.837. The van der Waals surface area contributed by atoms with E-state index < -0.39 is 0 Å². The summed E-state index contributed by atoms with van der Waals surface area (Å²) < 4.78 is 7.09. The van der Waals surface area contributed by atoms with E-state index in [-0.39, 0.29) is 0 Å². The van der Waals surface area contributed by atoms with Gasteiger partial charge < -0.3 is 10.1 Å². The number of ether oxygens (including phenoxy) is 1. The molecule has 1 heterocycles. The van der Waals surface area contributed by atoms with Crippen LogP contribution in [0.25, 0.3) is 0 Å². The maximum atomic E-state index is 5.01. The van der Waals surface area contributed by atoms with E-state index in [0.29, 0.717) is 0 Å². The summed E-state index contributed by atoms with van der Waals surface area (Å²) in [5, 5.41) is 7.51. The Morgan fingerprint density at radius 2 is 2.27 bits per heavy atom. The Bertz CT molecular complexity index is 283. The second-order valence-electron chi connectivity index (χ2n) is 3.71. The first-order valence-corrected chi connectivity index (χ1v) is 5.44. The van der Waals surface area contributed by atoms with Crippen LogP contribution >= 0.6 is 0 Å². The zero-order valence-electron chi connectivity index (χ0n) is 9.92. The van der Waals surface area contributed by atoms with Gasteiger partial charge in [-0.2, -0.15) is 5.10 Å². The van der Waals surface area contributed by atoms with Crippen LogP contribution in [0, 0.1) is 6.92 Å². The Hall–Kier alpha value is -0.870. The van der Waals surface area contributed by atoms with Gasteiger partial charge in [0, 0.05) is 38.1 Å². The Morgan fingerprint density at radius 3 is 2.93 bits per heavy atom. The molecule has 86 valence electrons. The molecule has 1 rings (SSSR count). The van der Waals surface area contributed by atoms with Crippen LogP contribution in [-0.2, 0) is 17.8 Å². The van der Waals surface area contributed by atoms with Gasteiger partial charge in [0.05, 0.1) is 6.20 Å². The second-order valence-corrected chi connectivity index (χ2v) is 3.71. The van der Waals surface area contributed by atoms with Crippen molar-refractivity contribution >= 4 is 0 Å². The van der Waals surface area contributed by atoms with Gasteiger partial charge >= 0.3 is 0 Å². The first kappa shape index (κ1) is 12.2. The summed E-state index contributed by atoms with van der Waals surface area (Å²) in [5.74, 6) is 0. The smallest absolute Gasteiger partial charge is 0.0537 e. The van der Waals surface area contributed by atoms with Gasteiger partial charge in [0.2, 0.25) is 0 Å². The number of methoxy groups -OCH3 is 1. The third-order valence-electron chi connectivity index (χ3n) is 2.54. The summed E-state index contributed by atoms with van der Waals surface area (Å²) in [7, 11) is 3.69. The Morgan fingerprint density at radius 1 is 1.47 bits per heavy atom. The van der Waals surface area contributed by atoms with Crippen molar-refractivity contribution in [2.45, 2.75) is 32.9 Å². The van der Waals surface area contributed by atoms with Gasteiger partial charge in [-0.1, -0.05) is 0 Å². The fraction of sp³-hybridized carbons (Fsp3) is 0.727. The molecule has 0 radical (unpaired) electrons. The summed E-state index contributed by atoms with van der Waals surface area (Å²) >= 11 is 0. The monoisotopic (exact) mass is 211 g/mol. The van der Waals surface area contributed by atoms with Crippen LogP contribution in [0.5, 0.6) is 0 Å². The van der Waals surface area contributed by atoms with Crippen LogP contribution in [0.3, 0.4) is 0 Å². The molecule has 0 saturated carbocycles. The Balaban J connectivity index is 2.40. The molecule has 0 aliphatic heterocycles. The minimum atomic E-state index is 0.837. The average Bonchev–Trinajstić information content (AvgIpc) is 2.57. The normalized spacial score (nSPS) is 10.9. The molecule has 0 atom stereocenters. The van der Waals surface area contributed by atoms with E-state index in [0.717, 1.165) is 32.5 Å². The van der Waals surface area contributed by atoms with Crippen molar-refractivity contribution < 1.29 is 4.74 Å². The molecule has 4 heteroatoms. The standard InChI is InChI=1S/C11H21N3O/c1-10-11(8-12-2)9-13-14(10)6-4-5-7-15-3/h9,12H,4-8H2,1-3H3. The summed E-state index contributed by atoms with van der Waals surface area (Å²) in [5.41, 5.74) is 2.55. The van der Waals surface area contributed by atoms with E-state index >= 15 is 0 Å². The number of aromatic nitrogens is 2. The van der Waals surface area contributed by atoms with Crippen molar-refractivity contribution in [2.75, 3.05) is 20.8 Å². The zero-order chi connectivity index (χ0) is 11.1. The van der Waals surface area contributed by atoms with E-state index in [1.165, 1.54) is 11.3 Å². The van der Waals surface area contributed by atoms with E-state index in [1.807, 2.05) is 13.2 Å². The van der Waals surface area contributed by atoms with Gasteiger partial charge in [0.15, 0.2) is 0 Å². The molecule has 15 heavy (non-hydrogen) atoms. The van der Waals surface area contributed by atoms with Gasteiger partial charge in [-0.25, -0.2) is 0 Å². The highest BCUT2D eigenvalue weighted by atomic mass is 16.5. The van der Waals surface area contributed by atoms with Gasteiger partial charge in [0.1, 0.15) is 0 Å². The van der Waals surface area contributed by atoms with Gasteiger partial charge in [0.25, 0.3) is 0 Å². The largest absolute Gasteiger partial charge is 0.385 e. The third-order valence-corrected chi connectivity index (χ3v) is 2.54. The van der Waals surface area contributed by atoms with Crippen LogP contribution < -0.4 is 5.32 Å². The minimum Gasteiger partial charge on any atom is -0.385 e. The Kier molecular flexibility index (Phi) is 5.36. The molecular formula is C11H21N3O. The lowest BCUT2D eigenvalue weighted by Crippen LogP contribution is -2.08. The van der Waals surface area contributed by atoms with Crippen LogP contribution in [0.1, 0.15) is 24.1 Å². The van der Waals surface area contributed by atoms with Crippen molar-refractivity contribution in [1.29, 1.82) is 0 Å². The molecule has 0 unspecified atom stereocenters. The molecule has 0 fully saturated rings. The summed E-state index contributed by atoms with van der Waals surface area (Å²) in [6, 6.07) is 0. The number of hydrogen-bond donors (Lipinski definition) is 1. The molecule has 1 N–H and O–H groups in total. The van der Waals surface area contributed by atoms with Crippen molar-refractivity contribution in [3.05, 3.63) is 17.5 Å². The molecule has 0 spiro atoms. The quantitative estimate of drug-likeness (QED) is 0.692. The fourth-order valence-electron chi connectivity index (χ4n) is 1.58. The van der Waals surface area contributed by atoms with Crippen molar-refractivity contribution in [1.82, 2.24) is 15.1 Å². The van der Waals surface area contributed by atoms with Crippen molar-refractivity contribution in [3.63, 3.8) is 0 Å². The van der Waals surface area contributed by atoms with E-state index in [1.54, 1.807) is 7.11 Å². The molecule has 0 saturated heterocycles. The predicted octanol–water partition coefficient (Wildman–Crippen LogP) is 1.34. The maximum absolute atomic E-state index is 5.01. The lowest BCUT2D eigenvalue weighted by Gasteiger charge is -2.05. The zero-order valence-corrected chi connectivity index (χ0v) is 9.92. The van der Waals surface area contributed by atoms with Crippen LogP contribution in [0.15, 0.2) is 6.20 Å². The molecule has 0 amide bonds. The van der Waals surface area contributed by atoms with E-state index in [2.05, 4.69) is 22.0 Å². The van der Waals surface area contributed by atoms with E-state index in [9.17, 15) is 0 Å². The van der Waals surface area contributed by atoms with E-state index in [4.69, 9.17) is 4.74 Å². The lowest BCUT2D eigenvalue weighted by atomic mass is 10.2. The molecule has 1 aromatic heterocycles. The van der Waals surface area contributed by atoms with Gasteiger partial charge in [-0.15, -0.1) is 0 Å². The number of nitrogens with one attached hydrogen (secondary N) is 1. The van der Waals surface area contributed by atoms with Crippen LogP contribution in [0.4, 0.5) is 0 Å². The molecule has 0 bridgehead atoms. The van der Waals surface area contributed by atoms with Crippen molar-refractivity contribution in [2.24, 2.45) is 0 Å². The number of rotatable bonds is 7. The summed E-state index contributed by atoms with van der Waals surface area (Å²) in [4.78, 5) is 0. The summed E-state index contributed by atoms with van der Waals surface area (Å²) in [6.45, 7) is 4.84.